The molecule has 154 valence electrons. The minimum absolute atomic E-state index is 0.0544. The Morgan fingerprint density at radius 3 is 2.53 bits per heavy atom. The number of pyridine rings is 1. The van der Waals surface area contributed by atoms with Gasteiger partial charge in [-0.25, -0.2) is 4.98 Å². The second-order valence-corrected chi connectivity index (χ2v) is 8.01. The van der Waals surface area contributed by atoms with Crippen molar-refractivity contribution in [3.63, 3.8) is 0 Å². The number of para-hydroxylation sites is 1. The number of ether oxygens (including phenoxy) is 1. The fraction of sp³-hybridized carbons (Fsp3) is 0.0714. The predicted molar refractivity (Wildman–Crippen MR) is 126 cm³/mol. The van der Waals surface area contributed by atoms with Crippen molar-refractivity contribution in [2.24, 2.45) is 0 Å². The molecule has 0 radical (unpaired) electrons. The average molecular weight is 417 g/mol. The second kappa shape index (κ2) is 7.20. The van der Waals surface area contributed by atoms with Crippen LogP contribution in [0.2, 0.25) is 0 Å². The van der Waals surface area contributed by atoms with E-state index in [1.807, 2.05) is 85.8 Å². The summed E-state index contributed by atoms with van der Waals surface area (Å²) in [5.74, 6) is 0.796. The maximum atomic E-state index is 13.5. The van der Waals surface area contributed by atoms with Gasteiger partial charge in [-0.3, -0.25) is 4.79 Å². The van der Waals surface area contributed by atoms with E-state index < -0.39 is 0 Å². The van der Waals surface area contributed by atoms with E-state index in [2.05, 4.69) is 0 Å². The lowest BCUT2D eigenvalue weighted by molar-refractivity contribution is 0.302. The van der Waals surface area contributed by atoms with E-state index in [9.17, 15) is 4.79 Å². The Balaban J connectivity index is 1.68. The summed E-state index contributed by atoms with van der Waals surface area (Å²) in [6.07, 6.45) is 1.56. The van der Waals surface area contributed by atoms with Gasteiger partial charge in [-0.15, -0.1) is 0 Å². The molecular formula is C28H19NO3. The molecule has 1 aliphatic rings. The van der Waals surface area contributed by atoms with Gasteiger partial charge in [-0.05, 0) is 42.8 Å². The highest BCUT2D eigenvalue weighted by Gasteiger charge is 2.25. The first kappa shape index (κ1) is 18.6. The van der Waals surface area contributed by atoms with Gasteiger partial charge in [0.05, 0.1) is 22.3 Å². The number of hydrogen-bond donors (Lipinski definition) is 0. The number of fused-ring (bicyclic) bond motifs is 4. The van der Waals surface area contributed by atoms with Gasteiger partial charge >= 0.3 is 0 Å². The van der Waals surface area contributed by atoms with Crippen LogP contribution < -0.4 is 10.2 Å². The van der Waals surface area contributed by atoms with Gasteiger partial charge in [0.15, 0.2) is 0 Å². The predicted octanol–water partition coefficient (Wildman–Crippen LogP) is 6.39. The molecule has 0 unspecified atom stereocenters. The average Bonchev–Trinajstić information content (AvgIpc) is 2.84. The summed E-state index contributed by atoms with van der Waals surface area (Å²) in [5.41, 5.74) is 7.30. The summed E-state index contributed by atoms with van der Waals surface area (Å²) < 4.78 is 11.9. The van der Waals surface area contributed by atoms with Crippen molar-refractivity contribution in [1.82, 2.24) is 4.98 Å². The van der Waals surface area contributed by atoms with Gasteiger partial charge in [0.1, 0.15) is 24.2 Å². The smallest absolute Gasteiger partial charge is 0.200 e. The Bertz CT molecular complexity index is 1550. The lowest BCUT2D eigenvalue weighted by Gasteiger charge is -2.23. The second-order valence-electron chi connectivity index (χ2n) is 8.01. The molecule has 2 aromatic heterocycles. The Hall–Kier alpha value is -4.18. The van der Waals surface area contributed by atoms with E-state index in [0.717, 1.165) is 45.0 Å². The van der Waals surface area contributed by atoms with Crippen LogP contribution in [-0.4, -0.2) is 4.98 Å². The Kier molecular flexibility index (Phi) is 4.18. The van der Waals surface area contributed by atoms with E-state index in [-0.39, 0.29) is 5.43 Å². The van der Waals surface area contributed by atoms with E-state index >= 15 is 0 Å². The molecule has 0 bridgehead atoms. The molecule has 0 spiro atoms. The van der Waals surface area contributed by atoms with Crippen LogP contribution in [0.25, 0.3) is 44.6 Å². The molecule has 0 atom stereocenters. The fourth-order valence-electron chi connectivity index (χ4n) is 4.31. The Labute approximate surface area is 184 Å². The summed E-state index contributed by atoms with van der Waals surface area (Å²) in [7, 11) is 0. The van der Waals surface area contributed by atoms with Crippen LogP contribution in [0.3, 0.4) is 0 Å². The quantitative estimate of drug-likeness (QED) is 0.334. The van der Waals surface area contributed by atoms with Crippen LogP contribution in [0, 0.1) is 6.92 Å². The number of nitrogens with zero attached hydrogens (tertiary/aromatic N) is 1. The van der Waals surface area contributed by atoms with Crippen LogP contribution in [-0.2, 0) is 6.61 Å². The van der Waals surface area contributed by atoms with Crippen LogP contribution in [0.5, 0.6) is 5.75 Å². The van der Waals surface area contributed by atoms with Gasteiger partial charge in [0.2, 0.25) is 5.43 Å². The molecule has 32 heavy (non-hydrogen) atoms. The normalized spacial score (nSPS) is 12.2. The van der Waals surface area contributed by atoms with E-state index in [0.29, 0.717) is 23.1 Å². The van der Waals surface area contributed by atoms with Crippen LogP contribution in [0.4, 0.5) is 0 Å². The standard InChI is InChI=1S/C28H19NO3/c1-17-11-12-26-21(13-17)28(30)23(16-32-26)20-14-24(18-7-3-2-4-8-18)29-27-19-9-5-6-10-25(19)31-15-22(20)27/h2-14,16H,15H2,1H3. The highest BCUT2D eigenvalue weighted by Crippen LogP contribution is 2.41. The lowest BCUT2D eigenvalue weighted by Crippen LogP contribution is -2.13. The maximum Gasteiger partial charge on any atom is 0.200 e. The van der Waals surface area contributed by atoms with E-state index in [1.54, 1.807) is 6.26 Å². The first-order valence-corrected chi connectivity index (χ1v) is 10.5. The molecule has 0 saturated carbocycles. The molecule has 0 amide bonds. The first-order valence-electron chi connectivity index (χ1n) is 10.5. The molecule has 3 aromatic carbocycles. The zero-order valence-corrected chi connectivity index (χ0v) is 17.5. The zero-order chi connectivity index (χ0) is 21.7. The molecule has 0 fully saturated rings. The zero-order valence-electron chi connectivity index (χ0n) is 17.5. The Morgan fingerprint density at radius 1 is 0.844 bits per heavy atom. The fourth-order valence-corrected chi connectivity index (χ4v) is 4.31. The van der Waals surface area contributed by atoms with Crippen LogP contribution >= 0.6 is 0 Å². The van der Waals surface area contributed by atoms with Crippen LogP contribution in [0.15, 0.2) is 94.3 Å². The highest BCUT2D eigenvalue weighted by atomic mass is 16.5. The van der Waals surface area contributed by atoms with Gasteiger partial charge in [-0.2, -0.15) is 0 Å². The molecule has 3 heterocycles. The maximum absolute atomic E-state index is 13.5. The molecule has 6 rings (SSSR count). The lowest BCUT2D eigenvalue weighted by atomic mass is 9.92. The summed E-state index contributed by atoms with van der Waals surface area (Å²) >= 11 is 0. The number of benzene rings is 3. The molecule has 5 aromatic rings. The molecule has 0 N–H and O–H groups in total. The molecular weight excluding hydrogens is 398 g/mol. The van der Waals surface area contributed by atoms with E-state index in [1.165, 1.54) is 0 Å². The Morgan fingerprint density at radius 2 is 1.66 bits per heavy atom. The highest BCUT2D eigenvalue weighted by molar-refractivity contribution is 5.87. The number of aryl methyl sites for hydroxylation is 1. The summed E-state index contributed by atoms with van der Waals surface area (Å²) in [6.45, 7) is 2.31. The molecule has 4 heteroatoms. The summed E-state index contributed by atoms with van der Waals surface area (Å²) in [6, 6.07) is 25.5. The van der Waals surface area contributed by atoms with Gasteiger partial charge in [-0.1, -0.05) is 54.1 Å². The topological polar surface area (TPSA) is 52.3 Å². The monoisotopic (exact) mass is 417 g/mol. The van der Waals surface area contributed by atoms with Gasteiger partial charge in [0, 0.05) is 16.7 Å². The minimum Gasteiger partial charge on any atom is -0.488 e. The minimum atomic E-state index is -0.0544. The molecule has 4 nitrogen and oxygen atoms in total. The number of rotatable bonds is 2. The van der Waals surface area contributed by atoms with Crippen molar-refractivity contribution in [2.45, 2.75) is 13.5 Å². The largest absolute Gasteiger partial charge is 0.488 e. The first-order chi connectivity index (χ1) is 15.7. The summed E-state index contributed by atoms with van der Waals surface area (Å²) in [4.78, 5) is 18.5. The van der Waals surface area contributed by atoms with Crippen molar-refractivity contribution >= 4 is 11.0 Å². The van der Waals surface area contributed by atoms with E-state index in [4.69, 9.17) is 14.1 Å². The van der Waals surface area contributed by atoms with Crippen molar-refractivity contribution < 1.29 is 9.15 Å². The van der Waals surface area contributed by atoms with Gasteiger partial charge in [0.25, 0.3) is 0 Å². The third-order valence-electron chi connectivity index (χ3n) is 5.93. The molecule has 0 aliphatic carbocycles. The third-order valence-corrected chi connectivity index (χ3v) is 5.93. The SMILES string of the molecule is Cc1ccc2occ(-c3cc(-c4ccccc4)nc4c3COc3ccccc3-4)c(=O)c2c1. The van der Waals surface area contributed by atoms with Crippen molar-refractivity contribution in [3.05, 3.63) is 106 Å². The van der Waals surface area contributed by atoms with Crippen molar-refractivity contribution in [1.29, 1.82) is 0 Å². The van der Waals surface area contributed by atoms with Gasteiger partial charge < -0.3 is 9.15 Å². The number of aromatic nitrogens is 1. The molecule has 1 aliphatic heterocycles. The van der Waals surface area contributed by atoms with Crippen molar-refractivity contribution in [2.75, 3.05) is 0 Å². The summed E-state index contributed by atoms with van der Waals surface area (Å²) in [5, 5.41) is 0.575. The van der Waals surface area contributed by atoms with Crippen molar-refractivity contribution in [3.8, 4) is 39.4 Å². The molecule has 0 saturated heterocycles. The third kappa shape index (κ3) is 2.92. The number of hydrogen-bond acceptors (Lipinski definition) is 4. The van der Waals surface area contributed by atoms with Crippen LogP contribution in [0.1, 0.15) is 11.1 Å².